The van der Waals surface area contributed by atoms with Crippen LogP contribution in [0.5, 0.6) is 0 Å². The summed E-state index contributed by atoms with van der Waals surface area (Å²) in [6.07, 6.45) is 6.18. The molecule has 2 aliphatic heterocycles. The first-order chi connectivity index (χ1) is 18.5. The number of benzene rings is 2. The molecule has 2 aliphatic carbocycles. The number of aromatic nitrogens is 4. The zero-order valence-electron chi connectivity index (χ0n) is 20.8. The first-order valence-corrected chi connectivity index (χ1v) is 13.3. The number of carbonyl (C=O) groups is 1. The smallest absolute Gasteiger partial charge is 0.270 e. The van der Waals surface area contributed by atoms with Crippen LogP contribution in [0.4, 0.5) is 5.95 Å². The number of fused-ring (bicyclic) bond motifs is 3. The Morgan fingerprint density at radius 3 is 2.61 bits per heavy atom. The summed E-state index contributed by atoms with van der Waals surface area (Å²) in [5, 5.41) is 9.67. The second-order valence-corrected chi connectivity index (χ2v) is 11.3. The van der Waals surface area contributed by atoms with Gasteiger partial charge in [-0.1, -0.05) is 36.4 Å². The number of nitrogens with zero attached hydrogens (tertiary/aromatic N) is 4. The van der Waals surface area contributed by atoms with Gasteiger partial charge in [0.15, 0.2) is 5.65 Å². The average molecular weight is 506 g/mol. The van der Waals surface area contributed by atoms with Gasteiger partial charge in [-0.05, 0) is 60.3 Å². The van der Waals surface area contributed by atoms with E-state index in [2.05, 4.69) is 49.3 Å². The van der Waals surface area contributed by atoms with E-state index in [4.69, 9.17) is 10.7 Å². The van der Waals surface area contributed by atoms with E-state index in [1.165, 1.54) is 11.1 Å². The maximum Gasteiger partial charge on any atom is 0.270 e. The van der Waals surface area contributed by atoms with E-state index in [9.17, 15) is 9.59 Å². The maximum absolute atomic E-state index is 13.5. The lowest BCUT2D eigenvalue weighted by molar-refractivity contribution is -0.112. The Labute approximate surface area is 217 Å². The third-order valence-corrected chi connectivity index (χ3v) is 9.37. The molecule has 1 atom stereocenters. The molecule has 4 N–H and O–H groups in total. The third kappa shape index (κ3) is 2.93. The Kier molecular flexibility index (Phi) is 4.31. The van der Waals surface area contributed by atoms with Gasteiger partial charge in [0.1, 0.15) is 5.39 Å². The van der Waals surface area contributed by atoms with Gasteiger partial charge in [0.05, 0.1) is 11.1 Å². The first-order valence-electron chi connectivity index (χ1n) is 13.3. The predicted octanol–water partition coefficient (Wildman–Crippen LogP) is 1.51. The third-order valence-electron chi connectivity index (χ3n) is 9.37. The number of aromatic amines is 2. The fraction of sp³-hybridized carbons (Fsp3) is 0.345. The number of anilines is 1. The molecule has 1 spiro atoms. The van der Waals surface area contributed by atoms with Crippen molar-refractivity contribution in [2.45, 2.75) is 43.6 Å². The Hall–Kier alpha value is -4.11. The van der Waals surface area contributed by atoms with Gasteiger partial charge in [0.25, 0.3) is 11.5 Å². The van der Waals surface area contributed by atoms with E-state index in [0.717, 1.165) is 56.0 Å². The number of piperidine rings is 1. The van der Waals surface area contributed by atoms with Gasteiger partial charge in [0, 0.05) is 35.8 Å². The van der Waals surface area contributed by atoms with Crippen molar-refractivity contribution in [3.8, 4) is 0 Å². The van der Waals surface area contributed by atoms with Crippen LogP contribution >= 0.6 is 0 Å². The van der Waals surface area contributed by atoms with E-state index in [1.54, 1.807) is 6.08 Å². The molecule has 190 valence electrons. The lowest BCUT2D eigenvalue weighted by Crippen LogP contribution is -2.45. The molecule has 2 aromatic carbocycles. The molecule has 2 fully saturated rings. The van der Waals surface area contributed by atoms with E-state index >= 15 is 0 Å². The van der Waals surface area contributed by atoms with Gasteiger partial charge in [-0.25, -0.2) is 4.99 Å². The fourth-order valence-corrected chi connectivity index (χ4v) is 7.14. The molecule has 1 saturated heterocycles. The molecular formula is C29H27N7O2. The van der Waals surface area contributed by atoms with Gasteiger partial charge in [-0.2, -0.15) is 10.1 Å². The van der Waals surface area contributed by atoms with Gasteiger partial charge in [-0.3, -0.25) is 19.7 Å². The summed E-state index contributed by atoms with van der Waals surface area (Å²) in [7, 11) is 0. The van der Waals surface area contributed by atoms with Crippen molar-refractivity contribution in [1.82, 2.24) is 20.2 Å². The molecule has 4 heterocycles. The Morgan fingerprint density at radius 2 is 1.82 bits per heavy atom. The van der Waals surface area contributed by atoms with Crippen LogP contribution < -0.4 is 26.8 Å². The molecule has 9 heteroatoms. The molecule has 4 aliphatic rings. The highest BCUT2D eigenvalue weighted by molar-refractivity contribution is 6.06. The van der Waals surface area contributed by atoms with Crippen LogP contribution in [0.3, 0.4) is 0 Å². The molecule has 1 amide bonds. The van der Waals surface area contributed by atoms with Crippen LogP contribution in [-0.4, -0.2) is 39.2 Å². The van der Waals surface area contributed by atoms with Crippen LogP contribution in [0.2, 0.25) is 0 Å². The second kappa shape index (κ2) is 7.48. The van der Waals surface area contributed by atoms with Crippen LogP contribution in [0.15, 0.2) is 52.3 Å². The lowest BCUT2D eigenvalue weighted by Gasteiger charge is -2.42. The lowest BCUT2D eigenvalue weighted by atomic mass is 9.73. The summed E-state index contributed by atoms with van der Waals surface area (Å²) in [6, 6.07) is 14.3. The molecule has 4 aromatic rings. The van der Waals surface area contributed by atoms with Gasteiger partial charge < -0.3 is 10.6 Å². The minimum absolute atomic E-state index is 0.0417. The Bertz CT molecular complexity index is 1840. The van der Waals surface area contributed by atoms with E-state index < -0.39 is 5.41 Å². The number of amides is 1. The molecule has 0 radical (unpaired) electrons. The van der Waals surface area contributed by atoms with Crippen LogP contribution in [0.25, 0.3) is 17.1 Å². The van der Waals surface area contributed by atoms with Crippen molar-refractivity contribution in [2.24, 2.45) is 16.1 Å². The van der Waals surface area contributed by atoms with Gasteiger partial charge >= 0.3 is 0 Å². The van der Waals surface area contributed by atoms with E-state index in [-0.39, 0.29) is 22.9 Å². The highest BCUT2D eigenvalue weighted by atomic mass is 16.1. The zero-order chi connectivity index (χ0) is 25.6. The molecule has 2 aromatic heterocycles. The molecule has 1 saturated carbocycles. The van der Waals surface area contributed by atoms with E-state index in [0.29, 0.717) is 28.0 Å². The van der Waals surface area contributed by atoms with Crippen molar-refractivity contribution in [3.63, 3.8) is 0 Å². The predicted molar refractivity (Wildman–Crippen MR) is 142 cm³/mol. The number of hydrogen-bond donors (Lipinski definition) is 3. The second-order valence-electron chi connectivity index (χ2n) is 11.3. The number of hydrogen-bond acceptors (Lipinski definition) is 6. The summed E-state index contributed by atoms with van der Waals surface area (Å²) < 4.78 is 0. The van der Waals surface area contributed by atoms with Crippen LogP contribution in [0.1, 0.15) is 54.1 Å². The van der Waals surface area contributed by atoms with Gasteiger partial charge in [0.2, 0.25) is 5.95 Å². The quantitative estimate of drug-likeness (QED) is 0.387. The summed E-state index contributed by atoms with van der Waals surface area (Å²) in [6.45, 7) is 1.56. The molecule has 8 rings (SSSR count). The highest BCUT2D eigenvalue weighted by Crippen LogP contribution is 2.53. The normalized spacial score (nSPS) is 22.3. The largest absolute Gasteiger partial charge is 0.342 e. The summed E-state index contributed by atoms with van der Waals surface area (Å²) in [5.74, 6) is 0.324. The molecule has 9 nitrogen and oxygen atoms in total. The molecule has 0 unspecified atom stereocenters. The summed E-state index contributed by atoms with van der Waals surface area (Å²) >= 11 is 0. The number of H-pyrrole nitrogens is 2. The molecule has 38 heavy (non-hydrogen) atoms. The zero-order valence-corrected chi connectivity index (χ0v) is 20.8. The minimum atomic E-state index is -0.415. The van der Waals surface area contributed by atoms with Crippen molar-refractivity contribution in [3.05, 3.63) is 85.8 Å². The number of rotatable bonds is 3. The monoisotopic (exact) mass is 505 g/mol. The maximum atomic E-state index is 13.5. The van der Waals surface area contributed by atoms with Crippen molar-refractivity contribution < 1.29 is 4.79 Å². The average Bonchev–Trinajstić information content (AvgIpc) is 3.31. The molecule has 0 bridgehead atoms. The Balaban J connectivity index is 1.11. The summed E-state index contributed by atoms with van der Waals surface area (Å²) in [5.41, 5.74) is 11.0. The van der Waals surface area contributed by atoms with Crippen molar-refractivity contribution in [2.75, 3.05) is 18.0 Å². The topological polar surface area (TPSA) is 133 Å². The Morgan fingerprint density at radius 1 is 1.00 bits per heavy atom. The van der Waals surface area contributed by atoms with Crippen molar-refractivity contribution in [1.29, 1.82) is 0 Å². The standard InChI is InChI=1S/C29H27N7O2/c30-23-17-5-2-1-4-16(17)15-28(23)10-12-36(13-11-28)27-32-25-22(26(38)33-27)24(34-35-25)29(8-9-29)19-6-3-7-20-18(19)14-21(37)31-20/h1-7,14,23H,8-13,15,30H2,(H2,32,33,34,35,38)/t23-/m1/s1. The number of nitrogens with two attached hydrogens (primary N) is 1. The fourth-order valence-electron chi connectivity index (χ4n) is 7.14. The first kappa shape index (κ1) is 21.9. The highest BCUT2D eigenvalue weighted by Gasteiger charge is 2.51. The number of carbonyl (C=O) groups excluding carboxylic acids is 1. The minimum Gasteiger partial charge on any atom is -0.342 e. The summed E-state index contributed by atoms with van der Waals surface area (Å²) in [4.78, 5) is 39.6. The van der Waals surface area contributed by atoms with Crippen LogP contribution in [0, 0.1) is 5.41 Å². The SMILES string of the molecule is N[C@@H]1c2ccccc2CC12CCN(c1nc3[nH]nc(C4(c5cccc6c5=CC(=O)N=6)CC4)c3c(=O)[nH]1)CC2. The van der Waals surface area contributed by atoms with E-state index in [1.807, 2.05) is 18.2 Å². The number of nitrogens with one attached hydrogen (secondary N) is 2. The van der Waals surface area contributed by atoms with Gasteiger partial charge in [-0.15, -0.1) is 0 Å². The molecular weight excluding hydrogens is 478 g/mol. The van der Waals surface area contributed by atoms with Crippen LogP contribution in [-0.2, 0) is 16.6 Å². The van der Waals surface area contributed by atoms with Crippen molar-refractivity contribution >= 4 is 29.0 Å².